The van der Waals surface area contributed by atoms with Gasteiger partial charge in [0.1, 0.15) is 5.78 Å². The lowest BCUT2D eigenvalue weighted by molar-refractivity contribution is -0.129. The van der Waals surface area contributed by atoms with Crippen LogP contribution in [0.5, 0.6) is 0 Å². The molecule has 2 unspecified atom stereocenters. The molecule has 0 aliphatic heterocycles. The predicted octanol–water partition coefficient (Wildman–Crippen LogP) is 6.18. The third-order valence-electron chi connectivity index (χ3n) is 5.49. The number of carbonyl (C=O) groups is 1. The highest BCUT2D eigenvalue weighted by atomic mass is 19.3. The summed E-state index contributed by atoms with van der Waals surface area (Å²) in [6.07, 6.45) is 5.76. The van der Waals surface area contributed by atoms with Crippen molar-refractivity contribution in [1.29, 1.82) is 0 Å². The Morgan fingerprint density at radius 2 is 1.76 bits per heavy atom. The van der Waals surface area contributed by atoms with Gasteiger partial charge in [0.05, 0.1) is 0 Å². The molecule has 0 N–H and O–H groups in total. The van der Waals surface area contributed by atoms with Crippen molar-refractivity contribution in [2.24, 2.45) is 23.7 Å². The Kier molecular flexibility index (Phi) is 8.17. The van der Waals surface area contributed by atoms with Crippen LogP contribution in [0.2, 0.25) is 0 Å². The molecule has 3 saturated carbocycles. The molecule has 4 heteroatoms. The molecule has 4 rings (SSSR count). The Morgan fingerprint density at radius 1 is 1.20 bits per heavy atom. The van der Waals surface area contributed by atoms with Gasteiger partial charge in [0, 0.05) is 36.7 Å². The molecule has 2 nitrogen and oxygen atoms in total. The van der Waals surface area contributed by atoms with Crippen LogP contribution in [0.3, 0.4) is 0 Å². The van der Waals surface area contributed by atoms with E-state index in [-0.39, 0.29) is 5.56 Å². The average molecular weight is 353 g/mol. The number of hydrogen-bond acceptors (Lipinski definition) is 2. The first-order valence-electron chi connectivity index (χ1n) is 9.56. The minimum Gasteiger partial charge on any atom is -0.299 e. The van der Waals surface area contributed by atoms with Gasteiger partial charge in [-0.1, -0.05) is 27.7 Å². The summed E-state index contributed by atoms with van der Waals surface area (Å²) in [5, 5.41) is 0. The van der Waals surface area contributed by atoms with Gasteiger partial charge in [0.2, 0.25) is 0 Å². The molecule has 1 aromatic heterocycles. The topological polar surface area (TPSA) is 30.0 Å². The van der Waals surface area contributed by atoms with Crippen LogP contribution in [0.25, 0.3) is 0 Å². The van der Waals surface area contributed by atoms with Gasteiger partial charge in [-0.15, -0.1) is 0 Å². The SMILES string of the molecule is CC.CCC(=O)C1CC2CC(C1)C2C.Cc1ccc(C(C)(F)F)cn1. The molecule has 1 aromatic rings. The first-order valence-corrected chi connectivity index (χ1v) is 9.56. The van der Waals surface area contributed by atoms with E-state index in [1.807, 2.05) is 20.8 Å². The van der Waals surface area contributed by atoms with Gasteiger partial charge in [-0.2, -0.15) is 0 Å². The maximum atomic E-state index is 12.5. The van der Waals surface area contributed by atoms with Crippen LogP contribution in [-0.2, 0) is 10.7 Å². The fraction of sp³-hybridized carbons (Fsp3) is 0.714. The van der Waals surface area contributed by atoms with Crippen molar-refractivity contribution in [1.82, 2.24) is 4.98 Å². The summed E-state index contributed by atoms with van der Waals surface area (Å²) in [5.41, 5.74) is 0.709. The number of fused-ring (bicyclic) bond motifs is 2. The van der Waals surface area contributed by atoms with Crippen molar-refractivity contribution in [2.75, 3.05) is 0 Å². The van der Waals surface area contributed by atoms with Crippen LogP contribution in [0.4, 0.5) is 8.78 Å². The fourth-order valence-electron chi connectivity index (χ4n) is 3.74. The Bertz CT molecular complexity index is 524. The van der Waals surface area contributed by atoms with Gasteiger partial charge in [-0.3, -0.25) is 9.78 Å². The summed E-state index contributed by atoms with van der Waals surface area (Å²) < 4.78 is 25.1. The molecule has 0 radical (unpaired) electrons. The zero-order valence-electron chi connectivity index (χ0n) is 16.5. The van der Waals surface area contributed by atoms with Gasteiger partial charge in [-0.05, 0) is 56.1 Å². The van der Waals surface area contributed by atoms with Crippen molar-refractivity contribution in [3.8, 4) is 0 Å². The highest BCUT2D eigenvalue weighted by Crippen LogP contribution is 2.52. The van der Waals surface area contributed by atoms with E-state index in [1.165, 1.54) is 31.5 Å². The molecule has 142 valence electrons. The average Bonchev–Trinajstić information content (AvgIpc) is 2.62. The van der Waals surface area contributed by atoms with Gasteiger partial charge >= 0.3 is 0 Å². The lowest BCUT2D eigenvalue weighted by Gasteiger charge is -2.50. The maximum absolute atomic E-state index is 12.5. The van der Waals surface area contributed by atoms with E-state index in [0.29, 0.717) is 11.7 Å². The van der Waals surface area contributed by atoms with Gasteiger partial charge in [-0.25, -0.2) is 8.78 Å². The van der Waals surface area contributed by atoms with Crippen molar-refractivity contribution < 1.29 is 13.6 Å². The van der Waals surface area contributed by atoms with E-state index in [4.69, 9.17) is 0 Å². The lowest BCUT2D eigenvalue weighted by Crippen LogP contribution is -2.44. The number of pyridine rings is 1. The molecule has 0 spiro atoms. The minimum atomic E-state index is -2.78. The molecule has 3 aliphatic carbocycles. The molecule has 3 aliphatic rings. The summed E-state index contributed by atoms with van der Waals surface area (Å²) in [7, 11) is 0. The van der Waals surface area contributed by atoms with Crippen LogP contribution in [-0.4, -0.2) is 10.8 Å². The number of nitrogens with zero attached hydrogens (tertiary/aromatic N) is 1. The molecule has 2 bridgehead atoms. The highest BCUT2D eigenvalue weighted by molar-refractivity contribution is 5.80. The number of hydrogen-bond donors (Lipinski definition) is 0. The number of ketones is 1. The van der Waals surface area contributed by atoms with E-state index in [1.54, 1.807) is 13.0 Å². The smallest absolute Gasteiger partial charge is 0.272 e. The molecular weight excluding hydrogens is 320 g/mol. The Hall–Kier alpha value is -1.32. The third kappa shape index (κ3) is 5.86. The highest BCUT2D eigenvalue weighted by Gasteiger charge is 2.45. The summed E-state index contributed by atoms with van der Waals surface area (Å²) in [5.74, 6) is 0.881. The number of halogens is 2. The van der Waals surface area contributed by atoms with E-state index in [0.717, 1.165) is 36.8 Å². The van der Waals surface area contributed by atoms with E-state index >= 15 is 0 Å². The van der Waals surface area contributed by atoms with Gasteiger partial charge in [0.15, 0.2) is 0 Å². The van der Waals surface area contributed by atoms with E-state index < -0.39 is 5.92 Å². The van der Waals surface area contributed by atoms with Crippen LogP contribution >= 0.6 is 0 Å². The van der Waals surface area contributed by atoms with Crippen LogP contribution < -0.4 is 0 Å². The first-order chi connectivity index (χ1) is 11.7. The third-order valence-corrected chi connectivity index (χ3v) is 5.49. The molecule has 2 atom stereocenters. The summed E-state index contributed by atoms with van der Waals surface area (Å²) in [4.78, 5) is 15.2. The second kappa shape index (κ2) is 9.40. The van der Waals surface area contributed by atoms with Crippen molar-refractivity contribution in [3.05, 3.63) is 29.6 Å². The van der Waals surface area contributed by atoms with Crippen molar-refractivity contribution in [2.45, 2.75) is 73.1 Å². The summed E-state index contributed by atoms with van der Waals surface area (Å²) >= 11 is 0. The van der Waals surface area contributed by atoms with Gasteiger partial charge < -0.3 is 0 Å². The number of aromatic nitrogens is 1. The second-order valence-corrected chi connectivity index (χ2v) is 7.18. The van der Waals surface area contributed by atoms with Crippen LogP contribution in [0.1, 0.15) is 71.6 Å². The largest absolute Gasteiger partial charge is 0.299 e. The first kappa shape index (κ1) is 21.7. The molecule has 3 fully saturated rings. The lowest BCUT2D eigenvalue weighted by atomic mass is 9.54. The number of Topliss-reactive ketones (excluding diaryl/α,β-unsaturated/α-hetero) is 1. The van der Waals surface area contributed by atoms with Crippen molar-refractivity contribution in [3.63, 3.8) is 0 Å². The fourth-order valence-corrected chi connectivity index (χ4v) is 3.74. The van der Waals surface area contributed by atoms with Gasteiger partial charge in [0.25, 0.3) is 5.92 Å². The normalized spacial score (nSPS) is 27.0. The quantitative estimate of drug-likeness (QED) is 0.650. The number of aryl methyl sites for hydroxylation is 1. The molecule has 0 amide bonds. The monoisotopic (exact) mass is 353 g/mol. The predicted molar refractivity (Wildman–Crippen MR) is 98.7 cm³/mol. The molecular formula is C21H33F2NO. The minimum absolute atomic E-state index is 0.0388. The van der Waals surface area contributed by atoms with E-state index in [9.17, 15) is 13.6 Å². The standard InChI is InChI=1S/C11H18O.C8H9F2N.C2H6/c1-3-11(12)10-5-8-4-9(6-10)7(8)2;1-6-3-4-7(5-11-6)8(2,9)10;1-2/h7-10H,3-6H2,1-2H3;3-5H,1-2H3;1-2H3. The van der Waals surface area contributed by atoms with Crippen LogP contribution in [0.15, 0.2) is 18.3 Å². The Balaban J connectivity index is 0.000000229. The summed E-state index contributed by atoms with van der Waals surface area (Å²) in [6, 6.07) is 2.97. The zero-order chi connectivity index (χ0) is 19.2. The maximum Gasteiger partial charge on any atom is 0.272 e. The number of alkyl halides is 2. The number of carbonyl (C=O) groups excluding carboxylic acids is 1. The zero-order valence-corrected chi connectivity index (χ0v) is 16.5. The molecule has 1 heterocycles. The van der Waals surface area contributed by atoms with E-state index in [2.05, 4.69) is 11.9 Å². The summed E-state index contributed by atoms with van der Waals surface area (Å²) in [6.45, 7) is 11.0. The molecule has 0 saturated heterocycles. The second-order valence-electron chi connectivity index (χ2n) is 7.18. The Morgan fingerprint density at radius 3 is 2.12 bits per heavy atom. The molecule has 25 heavy (non-hydrogen) atoms. The van der Waals surface area contributed by atoms with Crippen LogP contribution in [0, 0.1) is 30.6 Å². The molecule has 0 aromatic carbocycles. The Labute approximate surface area is 151 Å². The van der Waals surface area contributed by atoms with Crippen molar-refractivity contribution >= 4 is 5.78 Å². The number of rotatable bonds is 3.